The largest absolute Gasteiger partial charge is 0.481 e. The molecule has 15 heavy (non-hydrogen) atoms. The highest BCUT2D eigenvalue weighted by molar-refractivity contribution is 5.70. The van der Waals surface area contributed by atoms with E-state index in [-0.39, 0.29) is 5.92 Å². The maximum Gasteiger partial charge on any atom is 0.307 e. The summed E-state index contributed by atoms with van der Waals surface area (Å²) in [6.07, 6.45) is 4.51. The number of rotatable bonds is 3. The molecule has 1 saturated heterocycles. The Labute approximate surface area is 91.5 Å². The fourth-order valence-corrected chi connectivity index (χ4v) is 2.62. The smallest absolute Gasteiger partial charge is 0.307 e. The van der Waals surface area contributed by atoms with Crippen molar-refractivity contribution < 1.29 is 9.90 Å². The molecule has 0 spiro atoms. The van der Waals surface area contributed by atoms with E-state index in [0.29, 0.717) is 11.5 Å². The first kappa shape index (κ1) is 10.9. The third kappa shape index (κ3) is 2.17. The quantitative estimate of drug-likeness (QED) is 0.776. The molecule has 1 aliphatic heterocycles. The number of hydrogen-bond acceptors (Lipinski definition) is 2. The van der Waals surface area contributed by atoms with Crippen molar-refractivity contribution in [2.45, 2.75) is 45.6 Å². The topological polar surface area (TPSA) is 40.5 Å². The van der Waals surface area contributed by atoms with Gasteiger partial charge in [-0.2, -0.15) is 0 Å². The van der Waals surface area contributed by atoms with Gasteiger partial charge in [-0.15, -0.1) is 0 Å². The Hall–Kier alpha value is -0.570. The lowest BCUT2D eigenvalue weighted by molar-refractivity contribution is -0.144. The van der Waals surface area contributed by atoms with Crippen LogP contribution in [0.25, 0.3) is 0 Å². The molecule has 1 aliphatic carbocycles. The van der Waals surface area contributed by atoms with Gasteiger partial charge in [0.1, 0.15) is 0 Å². The molecule has 86 valence electrons. The molecule has 2 rings (SSSR count). The van der Waals surface area contributed by atoms with Crippen LogP contribution in [0.1, 0.15) is 39.5 Å². The van der Waals surface area contributed by atoms with Crippen LogP contribution in [-0.2, 0) is 4.79 Å². The first-order valence-electron chi connectivity index (χ1n) is 6.00. The van der Waals surface area contributed by atoms with Crippen LogP contribution in [0, 0.1) is 11.3 Å². The molecule has 3 heteroatoms. The van der Waals surface area contributed by atoms with Gasteiger partial charge in [-0.05, 0) is 44.6 Å². The summed E-state index contributed by atoms with van der Waals surface area (Å²) in [4.78, 5) is 13.3. The zero-order valence-corrected chi connectivity index (χ0v) is 9.70. The molecule has 1 saturated carbocycles. The number of carbonyl (C=O) groups is 1. The van der Waals surface area contributed by atoms with Gasteiger partial charge in [-0.3, -0.25) is 9.69 Å². The lowest BCUT2D eigenvalue weighted by Crippen LogP contribution is -2.46. The average molecular weight is 211 g/mol. The summed E-state index contributed by atoms with van der Waals surface area (Å²) in [5, 5.41) is 9.03. The number of piperidine rings is 1. The molecule has 0 bridgehead atoms. The average Bonchev–Trinajstić information content (AvgIpc) is 2.97. The summed E-state index contributed by atoms with van der Waals surface area (Å²) in [7, 11) is 0. The van der Waals surface area contributed by atoms with Crippen molar-refractivity contribution in [1.82, 2.24) is 4.90 Å². The van der Waals surface area contributed by atoms with E-state index >= 15 is 0 Å². The summed E-state index contributed by atoms with van der Waals surface area (Å²) in [6.45, 7) is 6.42. The van der Waals surface area contributed by atoms with E-state index in [0.717, 1.165) is 25.9 Å². The Morgan fingerprint density at radius 3 is 2.73 bits per heavy atom. The molecule has 1 N–H and O–H groups in total. The van der Waals surface area contributed by atoms with Gasteiger partial charge in [-0.1, -0.05) is 6.92 Å². The minimum Gasteiger partial charge on any atom is -0.481 e. The van der Waals surface area contributed by atoms with Crippen LogP contribution in [0.3, 0.4) is 0 Å². The molecule has 2 aliphatic rings. The molecular weight excluding hydrogens is 190 g/mol. The fourth-order valence-electron chi connectivity index (χ4n) is 2.62. The predicted octanol–water partition coefficient (Wildman–Crippen LogP) is 1.97. The number of hydrogen-bond donors (Lipinski definition) is 1. The third-order valence-electron chi connectivity index (χ3n) is 4.40. The van der Waals surface area contributed by atoms with Gasteiger partial charge < -0.3 is 5.11 Å². The molecule has 1 heterocycles. The standard InChI is InChI=1S/C12H21NO2/c1-9(12(2)5-6-12)13-7-3-4-10(8-13)11(14)15/h9-10H,3-8H2,1-2H3,(H,14,15). The van der Waals surface area contributed by atoms with Crippen molar-refractivity contribution in [2.24, 2.45) is 11.3 Å². The highest BCUT2D eigenvalue weighted by Gasteiger charge is 2.45. The molecule has 0 aromatic rings. The van der Waals surface area contributed by atoms with Crippen molar-refractivity contribution in [1.29, 1.82) is 0 Å². The van der Waals surface area contributed by atoms with Gasteiger partial charge >= 0.3 is 5.97 Å². The SMILES string of the molecule is CC(N1CCCC(C(=O)O)C1)C1(C)CC1. The first-order valence-corrected chi connectivity index (χ1v) is 6.00. The van der Waals surface area contributed by atoms with Crippen LogP contribution >= 0.6 is 0 Å². The van der Waals surface area contributed by atoms with Crippen LogP contribution in [0.2, 0.25) is 0 Å². The first-order chi connectivity index (χ1) is 7.03. The van der Waals surface area contributed by atoms with Crippen LogP contribution in [0.5, 0.6) is 0 Å². The Balaban J connectivity index is 1.95. The number of nitrogens with zero attached hydrogens (tertiary/aromatic N) is 1. The molecule has 0 aromatic carbocycles. The van der Waals surface area contributed by atoms with E-state index in [9.17, 15) is 4.79 Å². The lowest BCUT2D eigenvalue weighted by atomic mass is 9.92. The normalized spacial score (nSPS) is 32.3. The number of carboxylic acids is 1. The highest BCUT2D eigenvalue weighted by Crippen LogP contribution is 2.50. The molecule has 2 fully saturated rings. The monoisotopic (exact) mass is 211 g/mol. The number of carboxylic acid groups (broad SMARTS) is 1. The zero-order valence-electron chi connectivity index (χ0n) is 9.70. The Morgan fingerprint density at radius 2 is 2.20 bits per heavy atom. The maximum atomic E-state index is 11.0. The van der Waals surface area contributed by atoms with Gasteiger partial charge in [0.15, 0.2) is 0 Å². The summed E-state index contributed by atoms with van der Waals surface area (Å²) in [5.41, 5.74) is 0.473. The van der Waals surface area contributed by atoms with Crippen molar-refractivity contribution >= 4 is 5.97 Å². The van der Waals surface area contributed by atoms with Crippen LogP contribution in [-0.4, -0.2) is 35.1 Å². The third-order valence-corrected chi connectivity index (χ3v) is 4.40. The van der Waals surface area contributed by atoms with Crippen LogP contribution < -0.4 is 0 Å². The second kappa shape index (κ2) is 3.78. The van der Waals surface area contributed by atoms with E-state index in [1.165, 1.54) is 12.8 Å². The summed E-state index contributed by atoms with van der Waals surface area (Å²) >= 11 is 0. The van der Waals surface area contributed by atoms with E-state index in [1.54, 1.807) is 0 Å². The summed E-state index contributed by atoms with van der Waals surface area (Å²) in [6, 6.07) is 0.555. The second-order valence-electron chi connectivity index (χ2n) is 5.50. The highest BCUT2D eigenvalue weighted by atomic mass is 16.4. The number of aliphatic carboxylic acids is 1. The molecular formula is C12H21NO2. The minimum atomic E-state index is -0.618. The van der Waals surface area contributed by atoms with E-state index < -0.39 is 5.97 Å². The molecule has 0 radical (unpaired) electrons. The predicted molar refractivity (Wildman–Crippen MR) is 58.7 cm³/mol. The molecule has 2 atom stereocenters. The van der Waals surface area contributed by atoms with Crippen LogP contribution in [0.15, 0.2) is 0 Å². The maximum absolute atomic E-state index is 11.0. The van der Waals surface area contributed by atoms with Crippen molar-refractivity contribution in [2.75, 3.05) is 13.1 Å². The Bertz CT molecular complexity index is 260. The zero-order chi connectivity index (χ0) is 11.1. The van der Waals surface area contributed by atoms with Gasteiger partial charge in [0.25, 0.3) is 0 Å². The Kier molecular flexibility index (Phi) is 2.75. The summed E-state index contributed by atoms with van der Waals surface area (Å²) < 4.78 is 0. The molecule has 0 amide bonds. The number of likely N-dealkylation sites (tertiary alicyclic amines) is 1. The van der Waals surface area contributed by atoms with Gasteiger partial charge in [0, 0.05) is 12.6 Å². The van der Waals surface area contributed by atoms with E-state index in [2.05, 4.69) is 18.7 Å². The van der Waals surface area contributed by atoms with E-state index in [4.69, 9.17) is 5.11 Å². The van der Waals surface area contributed by atoms with Gasteiger partial charge in [0.2, 0.25) is 0 Å². The summed E-state index contributed by atoms with van der Waals surface area (Å²) in [5.74, 6) is -0.753. The molecule has 0 aromatic heterocycles. The fraction of sp³-hybridized carbons (Fsp3) is 0.917. The van der Waals surface area contributed by atoms with Gasteiger partial charge in [-0.25, -0.2) is 0 Å². The van der Waals surface area contributed by atoms with Crippen LogP contribution in [0.4, 0.5) is 0 Å². The lowest BCUT2D eigenvalue weighted by Gasteiger charge is -2.38. The van der Waals surface area contributed by atoms with E-state index in [1.807, 2.05) is 0 Å². The van der Waals surface area contributed by atoms with Crippen molar-refractivity contribution in [3.63, 3.8) is 0 Å². The Morgan fingerprint density at radius 1 is 1.53 bits per heavy atom. The minimum absolute atomic E-state index is 0.136. The molecule has 2 unspecified atom stereocenters. The van der Waals surface area contributed by atoms with Gasteiger partial charge in [0.05, 0.1) is 5.92 Å². The van der Waals surface area contributed by atoms with Crippen molar-refractivity contribution in [3.05, 3.63) is 0 Å². The van der Waals surface area contributed by atoms with Crippen molar-refractivity contribution in [3.8, 4) is 0 Å². The second-order valence-corrected chi connectivity index (χ2v) is 5.50. The molecule has 3 nitrogen and oxygen atoms in total.